The van der Waals surface area contributed by atoms with Crippen molar-refractivity contribution in [1.82, 2.24) is 9.88 Å². The van der Waals surface area contributed by atoms with Crippen LogP contribution in [0, 0.1) is 0 Å². The van der Waals surface area contributed by atoms with Gasteiger partial charge in [0.05, 0.1) is 23.3 Å². The molecule has 0 spiro atoms. The SMILES string of the molecule is CC(C)(C)N(CC(=O)O)Cc1nc2ccccc2s1. The summed E-state index contributed by atoms with van der Waals surface area (Å²) in [5.74, 6) is -0.809. The van der Waals surface area contributed by atoms with E-state index in [9.17, 15) is 4.79 Å². The van der Waals surface area contributed by atoms with E-state index in [0.717, 1.165) is 15.2 Å². The van der Waals surface area contributed by atoms with Crippen LogP contribution in [-0.2, 0) is 11.3 Å². The molecule has 1 heterocycles. The monoisotopic (exact) mass is 278 g/mol. The highest BCUT2D eigenvalue weighted by Gasteiger charge is 2.24. The molecule has 0 aliphatic carbocycles. The first-order chi connectivity index (χ1) is 8.86. The third kappa shape index (κ3) is 3.52. The zero-order valence-electron chi connectivity index (χ0n) is 11.4. The van der Waals surface area contributed by atoms with Gasteiger partial charge in [0.25, 0.3) is 0 Å². The van der Waals surface area contributed by atoms with Crippen molar-refractivity contribution in [3.05, 3.63) is 29.3 Å². The summed E-state index contributed by atoms with van der Waals surface area (Å²) in [5, 5.41) is 9.96. The van der Waals surface area contributed by atoms with Crippen LogP contribution in [-0.4, -0.2) is 33.0 Å². The molecule has 2 rings (SSSR count). The Bertz CT molecular complexity index is 553. The van der Waals surface area contributed by atoms with E-state index < -0.39 is 5.97 Å². The molecule has 0 aliphatic heterocycles. The van der Waals surface area contributed by atoms with Gasteiger partial charge in [-0.2, -0.15) is 0 Å². The molecule has 0 atom stereocenters. The van der Waals surface area contributed by atoms with Gasteiger partial charge < -0.3 is 5.11 Å². The summed E-state index contributed by atoms with van der Waals surface area (Å²) in [7, 11) is 0. The number of aromatic nitrogens is 1. The first kappa shape index (κ1) is 14.0. The van der Waals surface area contributed by atoms with Crippen molar-refractivity contribution < 1.29 is 9.90 Å². The molecule has 0 aliphatic rings. The van der Waals surface area contributed by atoms with Gasteiger partial charge in [0.2, 0.25) is 0 Å². The lowest BCUT2D eigenvalue weighted by atomic mass is 10.1. The number of aliphatic carboxylic acids is 1. The standard InChI is InChI=1S/C14H18N2O2S/c1-14(2,3)16(9-13(17)18)8-12-15-10-6-4-5-7-11(10)19-12/h4-7H,8-9H2,1-3H3,(H,17,18). The second-order valence-corrected chi connectivity index (χ2v) is 6.61. The summed E-state index contributed by atoms with van der Waals surface area (Å²) in [6.07, 6.45) is 0. The zero-order chi connectivity index (χ0) is 14.0. The van der Waals surface area contributed by atoms with Crippen molar-refractivity contribution >= 4 is 27.5 Å². The smallest absolute Gasteiger partial charge is 0.317 e. The number of benzene rings is 1. The van der Waals surface area contributed by atoms with Crippen molar-refractivity contribution in [1.29, 1.82) is 0 Å². The predicted molar refractivity (Wildman–Crippen MR) is 77.4 cm³/mol. The lowest BCUT2D eigenvalue weighted by Gasteiger charge is -2.33. The van der Waals surface area contributed by atoms with E-state index in [1.807, 2.05) is 49.9 Å². The van der Waals surface area contributed by atoms with Gasteiger partial charge in [-0.3, -0.25) is 9.69 Å². The molecule has 0 radical (unpaired) electrons. The molecule has 1 aromatic heterocycles. The van der Waals surface area contributed by atoms with Crippen LogP contribution in [0.15, 0.2) is 24.3 Å². The second-order valence-electron chi connectivity index (χ2n) is 5.50. The highest BCUT2D eigenvalue weighted by Crippen LogP contribution is 2.25. The van der Waals surface area contributed by atoms with Gasteiger partial charge in [0.1, 0.15) is 5.01 Å². The summed E-state index contributed by atoms with van der Waals surface area (Å²) >= 11 is 1.62. The van der Waals surface area contributed by atoms with E-state index in [1.165, 1.54) is 0 Å². The minimum absolute atomic E-state index is 0.0272. The van der Waals surface area contributed by atoms with Gasteiger partial charge in [-0.1, -0.05) is 12.1 Å². The van der Waals surface area contributed by atoms with Crippen LogP contribution in [0.25, 0.3) is 10.2 Å². The van der Waals surface area contributed by atoms with Crippen molar-refractivity contribution in [3.8, 4) is 0 Å². The first-order valence-corrected chi connectivity index (χ1v) is 6.99. The number of hydrogen-bond acceptors (Lipinski definition) is 4. The molecule has 0 bridgehead atoms. The van der Waals surface area contributed by atoms with Crippen molar-refractivity contribution in [2.45, 2.75) is 32.9 Å². The normalized spacial score (nSPS) is 12.2. The number of hydrogen-bond donors (Lipinski definition) is 1. The first-order valence-electron chi connectivity index (χ1n) is 6.17. The van der Waals surface area contributed by atoms with Crippen molar-refractivity contribution in [2.75, 3.05) is 6.54 Å². The maximum Gasteiger partial charge on any atom is 0.317 e. The van der Waals surface area contributed by atoms with Gasteiger partial charge >= 0.3 is 5.97 Å². The molecule has 0 saturated heterocycles. The topological polar surface area (TPSA) is 53.4 Å². The van der Waals surface area contributed by atoms with E-state index in [2.05, 4.69) is 4.98 Å². The van der Waals surface area contributed by atoms with E-state index in [0.29, 0.717) is 6.54 Å². The summed E-state index contributed by atoms with van der Waals surface area (Å²) < 4.78 is 1.14. The maximum atomic E-state index is 11.0. The zero-order valence-corrected chi connectivity index (χ0v) is 12.2. The Morgan fingerprint density at radius 2 is 2.05 bits per heavy atom. The Morgan fingerprint density at radius 1 is 1.37 bits per heavy atom. The lowest BCUT2D eigenvalue weighted by Crippen LogP contribution is -2.43. The Morgan fingerprint density at radius 3 is 2.63 bits per heavy atom. The van der Waals surface area contributed by atoms with Crippen LogP contribution in [0.3, 0.4) is 0 Å². The van der Waals surface area contributed by atoms with Crippen molar-refractivity contribution in [2.24, 2.45) is 0 Å². The number of carboxylic acids is 1. The minimum Gasteiger partial charge on any atom is -0.480 e. The molecule has 5 heteroatoms. The average Bonchev–Trinajstić information content (AvgIpc) is 2.68. The predicted octanol–water partition coefficient (Wildman–Crippen LogP) is 2.98. The van der Waals surface area contributed by atoms with Gasteiger partial charge in [-0.05, 0) is 32.9 Å². The molecule has 4 nitrogen and oxygen atoms in total. The highest BCUT2D eigenvalue weighted by molar-refractivity contribution is 7.18. The Balaban J connectivity index is 2.23. The van der Waals surface area contributed by atoms with Gasteiger partial charge in [0.15, 0.2) is 0 Å². The van der Waals surface area contributed by atoms with E-state index >= 15 is 0 Å². The molecule has 2 aromatic rings. The fourth-order valence-corrected chi connectivity index (χ4v) is 2.83. The molecule has 102 valence electrons. The van der Waals surface area contributed by atoms with E-state index in [-0.39, 0.29) is 12.1 Å². The van der Waals surface area contributed by atoms with Gasteiger partial charge in [-0.15, -0.1) is 11.3 Å². The summed E-state index contributed by atoms with van der Waals surface area (Å²) in [5.41, 5.74) is 0.780. The van der Waals surface area contributed by atoms with Crippen LogP contribution >= 0.6 is 11.3 Å². The molecule has 19 heavy (non-hydrogen) atoms. The fraction of sp³-hybridized carbons (Fsp3) is 0.429. The number of carboxylic acid groups (broad SMARTS) is 1. The third-order valence-electron chi connectivity index (χ3n) is 2.94. The number of rotatable bonds is 4. The Labute approximate surface area is 116 Å². The number of fused-ring (bicyclic) bond motifs is 1. The number of para-hydroxylation sites is 1. The average molecular weight is 278 g/mol. The van der Waals surface area contributed by atoms with Crippen LogP contribution in [0.1, 0.15) is 25.8 Å². The maximum absolute atomic E-state index is 11.0. The Kier molecular flexibility index (Phi) is 3.87. The lowest BCUT2D eigenvalue weighted by molar-refractivity contribution is -0.139. The third-order valence-corrected chi connectivity index (χ3v) is 3.96. The highest BCUT2D eigenvalue weighted by atomic mass is 32.1. The largest absolute Gasteiger partial charge is 0.480 e. The van der Waals surface area contributed by atoms with Crippen LogP contribution in [0.5, 0.6) is 0 Å². The number of nitrogens with zero attached hydrogens (tertiary/aromatic N) is 2. The molecule has 0 fully saturated rings. The molecule has 0 saturated carbocycles. The molecule has 0 unspecified atom stereocenters. The molecule has 0 amide bonds. The summed E-state index contributed by atoms with van der Waals surface area (Å²) in [6.45, 7) is 6.64. The fourth-order valence-electron chi connectivity index (χ4n) is 1.84. The Hall–Kier alpha value is -1.46. The van der Waals surface area contributed by atoms with Crippen molar-refractivity contribution in [3.63, 3.8) is 0 Å². The summed E-state index contributed by atoms with van der Waals surface area (Å²) in [4.78, 5) is 17.4. The van der Waals surface area contributed by atoms with E-state index in [1.54, 1.807) is 11.3 Å². The minimum atomic E-state index is -0.809. The van der Waals surface area contributed by atoms with Crippen LogP contribution in [0.2, 0.25) is 0 Å². The number of thiazole rings is 1. The quantitative estimate of drug-likeness (QED) is 0.934. The van der Waals surface area contributed by atoms with E-state index in [4.69, 9.17) is 5.11 Å². The molecular formula is C14H18N2O2S. The second kappa shape index (κ2) is 5.27. The molecule has 1 aromatic carbocycles. The van der Waals surface area contributed by atoms with Crippen LogP contribution in [0.4, 0.5) is 0 Å². The number of carbonyl (C=O) groups is 1. The van der Waals surface area contributed by atoms with Gasteiger partial charge in [0, 0.05) is 5.54 Å². The molecule has 1 N–H and O–H groups in total. The summed E-state index contributed by atoms with van der Waals surface area (Å²) in [6, 6.07) is 7.97. The van der Waals surface area contributed by atoms with Gasteiger partial charge in [-0.25, -0.2) is 4.98 Å². The van der Waals surface area contributed by atoms with Crippen LogP contribution < -0.4 is 0 Å². The molecular weight excluding hydrogens is 260 g/mol.